The van der Waals surface area contributed by atoms with E-state index in [1.807, 2.05) is 13.0 Å². The highest BCUT2D eigenvalue weighted by Crippen LogP contribution is 2.15. The van der Waals surface area contributed by atoms with Crippen molar-refractivity contribution in [2.75, 3.05) is 13.1 Å². The van der Waals surface area contributed by atoms with Crippen LogP contribution in [0.2, 0.25) is 0 Å². The normalized spacial score (nSPS) is 25.0. The average molecular weight is 138 g/mol. The molecule has 0 aromatic carbocycles. The van der Waals surface area contributed by atoms with Crippen molar-refractivity contribution < 1.29 is 4.79 Å². The van der Waals surface area contributed by atoms with E-state index in [0.29, 0.717) is 0 Å². The van der Waals surface area contributed by atoms with Crippen LogP contribution in [0, 0.1) is 17.2 Å². The first-order chi connectivity index (χ1) is 4.75. The van der Waals surface area contributed by atoms with Gasteiger partial charge in [-0.05, 0) is 6.42 Å². The van der Waals surface area contributed by atoms with E-state index in [1.54, 1.807) is 4.90 Å². The zero-order valence-electron chi connectivity index (χ0n) is 6.00. The van der Waals surface area contributed by atoms with Crippen LogP contribution in [0.15, 0.2) is 0 Å². The fraction of sp³-hybridized carbons (Fsp3) is 0.714. The van der Waals surface area contributed by atoms with E-state index in [1.165, 1.54) is 0 Å². The number of rotatable bonds is 1. The molecule has 10 heavy (non-hydrogen) atoms. The number of hydrogen-bond donors (Lipinski definition) is 0. The lowest BCUT2D eigenvalue weighted by molar-refractivity contribution is -0.130. The smallest absolute Gasteiger partial charge is 0.226 e. The molecular formula is C7H10N2O. The third-order valence-corrected chi connectivity index (χ3v) is 1.83. The molecule has 0 aromatic rings. The second kappa shape index (κ2) is 2.70. The van der Waals surface area contributed by atoms with Crippen LogP contribution >= 0.6 is 0 Å². The lowest BCUT2D eigenvalue weighted by Crippen LogP contribution is -2.26. The van der Waals surface area contributed by atoms with Gasteiger partial charge in [-0.2, -0.15) is 5.26 Å². The van der Waals surface area contributed by atoms with Crippen LogP contribution in [0.4, 0.5) is 0 Å². The van der Waals surface area contributed by atoms with Crippen molar-refractivity contribution >= 4 is 5.91 Å². The maximum atomic E-state index is 11.1. The first kappa shape index (κ1) is 7.07. The molecule has 0 spiro atoms. The minimum atomic E-state index is 0.126. The van der Waals surface area contributed by atoms with Gasteiger partial charge < -0.3 is 4.90 Å². The minimum absolute atomic E-state index is 0.126. The average Bonchev–Trinajstić information content (AvgIpc) is 2.20. The van der Waals surface area contributed by atoms with Crippen molar-refractivity contribution in [3.63, 3.8) is 0 Å². The topological polar surface area (TPSA) is 44.1 Å². The fourth-order valence-corrected chi connectivity index (χ4v) is 1.14. The van der Waals surface area contributed by atoms with E-state index in [2.05, 4.69) is 0 Å². The lowest BCUT2D eigenvalue weighted by atomic mass is 10.1. The van der Waals surface area contributed by atoms with E-state index in [4.69, 9.17) is 5.26 Å². The maximum Gasteiger partial charge on any atom is 0.226 e. The highest BCUT2D eigenvalue weighted by Gasteiger charge is 2.26. The highest BCUT2D eigenvalue weighted by molar-refractivity contribution is 5.80. The van der Waals surface area contributed by atoms with Crippen LogP contribution in [-0.2, 0) is 4.79 Å². The third-order valence-electron chi connectivity index (χ3n) is 1.83. The Labute approximate surface area is 60.2 Å². The summed E-state index contributed by atoms with van der Waals surface area (Å²) in [4.78, 5) is 12.7. The molecule has 0 saturated carbocycles. The summed E-state index contributed by atoms with van der Waals surface area (Å²) in [5.41, 5.74) is 0. The molecule has 3 heteroatoms. The summed E-state index contributed by atoms with van der Waals surface area (Å²) in [6.45, 7) is 2.91. The van der Waals surface area contributed by atoms with Crippen LogP contribution in [0.5, 0.6) is 0 Å². The van der Waals surface area contributed by atoms with Gasteiger partial charge in [-0.15, -0.1) is 0 Å². The van der Waals surface area contributed by atoms with Gasteiger partial charge in [0, 0.05) is 12.5 Å². The Morgan fingerprint density at radius 3 is 3.00 bits per heavy atom. The van der Waals surface area contributed by atoms with Crippen molar-refractivity contribution in [3.05, 3.63) is 0 Å². The molecule has 1 atom stereocenters. The first-order valence-corrected chi connectivity index (χ1v) is 3.41. The molecule has 0 bridgehead atoms. The highest BCUT2D eigenvalue weighted by atomic mass is 16.2. The van der Waals surface area contributed by atoms with E-state index in [0.717, 1.165) is 13.0 Å². The van der Waals surface area contributed by atoms with Crippen molar-refractivity contribution in [2.24, 2.45) is 5.92 Å². The largest absolute Gasteiger partial charge is 0.329 e. The Balaban J connectivity index is 2.51. The molecular weight excluding hydrogens is 128 g/mol. The Bertz CT molecular complexity index is 183. The first-order valence-electron chi connectivity index (χ1n) is 3.41. The monoisotopic (exact) mass is 138 g/mol. The summed E-state index contributed by atoms with van der Waals surface area (Å²) in [5.74, 6) is 0.259. The molecule has 1 unspecified atom stereocenters. The molecule has 54 valence electrons. The molecule has 0 aromatic heterocycles. The Morgan fingerprint density at radius 2 is 2.60 bits per heavy atom. The second-order valence-electron chi connectivity index (χ2n) is 2.61. The molecule has 3 nitrogen and oxygen atoms in total. The number of nitriles is 1. The Kier molecular flexibility index (Phi) is 1.91. The van der Waals surface area contributed by atoms with E-state index >= 15 is 0 Å². The van der Waals surface area contributed by atoms with Crippen LogP contribution in [0.25, 0.3) is 0 Å². The molecule has 1 amide bonds. The van der Waals surface area contributed by atoms with Gasteiger partial charge in [-0.3, -0.25) is 4.79 Å². The molecule has 0 radical (unpaired) electrons. The van der Waals surface area contributed by atoms with Gasteiger partial charge in [-0.25, -0.2) is 0 Å². The van der Waals surface area contributed by atoms with Gasteiger partial charge >= 0.3 is 0 Å². The standard InChI is InChI=1S/C7H10N2O/c1-6-2-4-9(5-3-8)7(6)10/h6H,2,4-5H2,1H3. The van der Waals surface area contributed by atoms with Gasteiger partial charge in [0.1, 0.15) is 6.54 Å². The zero-order chi connectivity index (χ0) is 7.56. The molecule has 0 N–H and O–H groups in total. The number of carbonyl (C=O) groups is 1. The van der Waals surface area contributed by atoms with Crippen molar-refractivity contribution in [2.45, 2.75) is 13.3 Å². The predicted molar refractivity (Wildman–Crippen MR) is 36.0 cm³/mol. The number of carbonyl (C=O) groups excluding carboxylic acids is 1. The van der Waals surface area contributed by atoms with Gasteiger partial charge in [0.25, 0.3) is 0 Å². The Morgan fingerprint density at radius 1 is 1.90 bits per heavy atom. The minimum Gasteiger partial charge on any atom is -0.329 e. The van der Waals surface area contributed by atoms with Crippen LogP contribution in [0.3, 0.4) is 0 Å². The number of likely N-dealkylation sites (tertiary alicyclic amines) is 1. The zero-order valence-corrected chi connectivity index (χ0v) is 6.00. The molecule has 1 aliphatic heterocycles. The molecule has 1 aliphatic rings. The maximum absolute atomic E-state index is 11.1. The van der Waals surface area contributed by atoms with Gasteiger partial charge in [0.2, 0.25) is 5.91 Å². The molecule has 1 saturated heterocycles. The SMILES string of the molecule is CC1CCN(CC#N)C1=O. The number of amides is 1. The number of nitrogens with zero attached hydrogens (tertiary/aromatic N) is 2. The van der Waals surface area contributed by atoms with Crippen molar-refractivity contribution in [1.29, 1.82) is 5.26 Å². The van der Waals surface area contributed by atoms with Crippen LogP contribution < -0.4 is 0 Å². The third kappa shape index (κ3) is 1.10. The predicted octanol–water partition coefficient (Wildman–Crippen LogP) is 0.378. The lowest BCUT2D eigenvalue weighted by Gasteiger charge is -2.09. The molecule has 1 heterocycles. The second-order valence-corrected chi connectivity index (χ2v) is 2.61. The van der Waals surface area contributed by atoms with Crippen molar-refractivity contribution in [3.8, 4) is 6.07 Å². The van der Waals surface area contributed by atoms with Gasteiger partial charge in [-0.1, -0.05) is 6.92 Å². The summed E-state index contributed by atoms with van der Waals surface area (Å²) < 4.78 is 0. The molecule has 1 rings (SSSR count). The van der Waals surface area contributed by atoms with E-state index < -0.39 is 0 Å². The molecule has 0 aliphatic carbocycles. The van der Waals surface area contributed by atoms with Crippen LogP contribution in [0.1, 0.15) is 13.3 Å². The quantitative estimate of drug-likeness (QED) is 0.491. The fourth-order valence-electron chi connectivity index (χ4n) is 1.14. The van der Waals surface area contributed by atoms with Crippen molar-refractivity contribution in [1.82, 2.24) is 4.90 Å². The summed E-state index contributed by atoms with van der Waals surface area (Å²) >= 11 is 0. The summed E-state index contributed by atoms with van der Waals surface area (Å²) in [7, 11) is 0. The van der Waals surface area contributed by atoms with Gasteiger partial charge in [0.05, 0.1) is 6.07 Å². The summed E-state index contributed by atoms with van der Waals surface area (Å²) in [6, 6.07) is 1.97. The Hall–Kier alpha value is -1.04. The van der Waals surface area contributed by atoms with Gasteiger partial charge in [0.15, 0.2) is 0 Å². The molecule has 1 fully saturated rings. The number of hydrogen-bond acceptors (Lipinski definition) is 2. The van der Waals surface area contributed by atoms with Crippen LogP contribution in [-0.4, -0.2) is 23.9 Å². The summed E-state index contributed by atoms with van der Waals surface area (Å²) in [5, 5.41) is 8.29. The van der Waals surface area contributed by atoms with E-state index in [-0.39, 0.29) is 18.4 Å². The van der Waals surface area contributed by atoms with E-state index in [9.17, 15) is 4.79 Å². The summed E-state index contributed by atoms with van der Waals surface area (Å²) in [6.07, 6.45) is 0.903.